The molecule has 1 unspecified atom stereocenters. The summed E-state index contributed by atoms with van der Waals surface area (Å²) in [6, 6.07) is 10.0. The van der Waals surface area contributed by atoms with Gasteiger partial charge in [0, 0.05) is 45.5 Å². The van der Waals surface area contributed by atoms with E-state index in [0.29, 0.717) is 11.7 Å². The summed E-state index contributed by atoms with van der Waals surface area (Å²) in [4.78, 5) is 20.4. The molecule has 146 valence electrons. The molecule has 0 N–H and O–H groups in total. The van der Waals surface area contributed by atoms with Crippen LogP contribution in [0.2, 0.25) is 0 Å². The fraction of sp³-hybridized carbons (Fsp3) is 0.500. The number of piperidine rings is 1. The number of pyridine rings is 1. The molecule has 4 rings (SSSR count). The van der Waals surface area contributed by atoms with E-state index in [2.05, 4.69) is 37.8 Å². The van der Waals surface area contributed by atoms with E-state index in [1.807, 2.05) is 24.4 Å². The van der Waals surface area contributed by atoms with Gasteiger partial charge in [-0.1, -0.05) is 6.07 Å². The standard InChI is InChI=1S/C20H25N7O/c1-25(18-7-8-22-20(24-18)26-10-12-28-13-11-26)17-5-3-9-27(15-17)19-6-2-4-16(14-21)23-19/h2,4,6-8,17H,3,5,9-13,15H2,1H3. The van der Waals surface area contributed by atoms with Crippen molar-refractivity contribution in [2.45, 2.75) is 18.9 Å². The van der Waals surface area contributed by atoms with Gasteiger partial charge in [-0.25, -0.2) is 9.97 Å². The summed E-state index contributed by atoms with van der Waals surface area (Å²) in [7, 11) is 2.10. The van der Waals surface area contributed by atoms with Crippen LogP contribution in [0.3, 0.4) is 0 Å². The third kappa shape index (κ3) is 3.99. The van der Waals surface area contributed by atoms with Gasteiger partial charge in [0.1, 0.15) is 23.4 Å². The van der Waals surface area contributed by atoms with Crippen LogP contribution in [-0.4, -0.2) is 67.4 Å². The van der Waals surface area contributed by atoms with Gasteiger partial charge < -0.3 is 19.4 Å². The highest BCUT2D eigenvalue weighted by Crippen LogP contribution is 2.24. The fourth-order valence-electron chi connectivity index (χ4n) is 3.78. The van der Waals surface area contributed by atoms with Gasteiger partial charge in [0.25, 0.3) is 0 Å². The lowest BCUT2D eigenvalue weighted by atomic mass is 10.0. The van der Waals surface area contributed by atoms with Crippen LogP contribution in [-0.2, 0) is 4.74 Å². The molecule has 0 spiro atoms. The van der Waals surface area contributed by atoms with Gasteiger partial charge in [-0.05, 0) is 31.0 Å². The number of ether oxygens (including phenoxy) is 1. The molecule has 0 bridgehead atoms. The Labute approximate surface area is 165 Å². The number of likely N-dealkylation sites (N-methyl/N-ethyl adjacent to an activating group) is 1. The first-order chi connectivity index (χ1) is 13.7. The van der Waals surface area contributed by atoms with Crippen molar-refractivity contribution in [3.8, 4) is 6.07 Å². The smallest absolute Gasteiger partial charge is 0.227 e. The Morgan fingerprint density at radius 1 is 1.14 bits per heavy atom. The molecule has 2 aliphatic heterocycles. The highest BCUT2D eigenvalue weighted by Gasteiger charge is 2.26. The molecule has 0 saturated carbocycles. The van der Waals surface area contributed by atoms with Crippen LogP contribution in [0, 0.1) is 11.3 Å². The molecule has 0 aromatic carbocycles. The van der Waals surface area contributed by atoms with Gasteiger partial charge >= 0.3 is 0 Å². The molecule has 0 radical (unpaired) electrons. The molecule has 2 aromatic rings. The number of hydrogen-bond donors (Lipinski definition) is 0. The predicted octanol–water partition coefficient (Wildman–Crippen LogP) is 1.69. The number of nitrogens with zero attached hydrogens (tertiary/aromatic N) is 7. The van der Waals surface area contributed by atoms with Crippen LogP contribution < -0.4 is 14.7 Å². The number of morpholine rings is 1. The predicted molar refractivity (Wildman–Crippen MR) is 108 cm³/mol. The summed E-state index contributed by atoms with van der Waals surface area (Å²) in [5.74, 6) is 2.57. The first kappa shape index (κ1) is 18.4. The number of anilines is 3. The minimum absolute atomic E-state index is 0.328. The van der Waals surface area contributed by atoms with Crippen molar-refractivity contribution in [3.63, 3.8) is 0 Å². The Hall–Kier alpha value is -2.92. The molecule has 0 amide bonds. The van der Waals surface area contributed by atoms with Crippen molar-refractivity contribution in [1.82, 2.24) is 15.0 Å². The molecule has 2 aliphatic rings. The van der Waals surface area contributed by atoms with Crippen LogP contribution in [0.15, 0.2) is 30.5 Å². The SMILES string of the molecule is CN(c1ccnc(N2CCOCC2)n1)C1CCCN(c2cccc(C#N)n2)C1. The lowest BCUT2D eigenvalue weighted by molar-refractivity contribution is 0.122. The molecule has 1 atom stereocenters. The molecule has 2 aromatic heterocycles. The summed E-state index contributed by atoms with van der Waals surface area (Å²) in [6.07, 6.45) is 4.01. The van der Waals surface area contributed by atoms with Crippen molar-refractivity contribution >= 4 is 17.6 Å². The zero-order valence-electron chi connectivity index (χ0n) is 16.2. The zero-order valence-corrected chi connectivity index (χ0v) is 16.2. The Balaban J connectivity index is 1.48. The number of rotatable bonds is 4. The van der Waals surface area contributed by atoms with Crippen molar-refractivity contribution < 1.29 is 4.74 Å². The maximum atomic E-state index is 9.12. The minimum atomic E-state index is 0.328. The average Bonchev–Trinajstić information content (AvgIpc) is 2.79. The second-order valence-electron chi connectivity index (χ2n) is 7.16. The quantitative estimate of drug-likeness (QED) is 0.794. The van der Waals surface area contributed by atoms with Crippen LogP contribution in [0.4, 0.5) is 17.6 Å². The van der Waals surface area contributed by atoms with E-state index >= 15 is 0 Å². The molecule has 2 fully saturated rings. The Morgan fingerprint density at radius 3 is 2.82 bits per heavy atom. The van der Waals surface area contributed by atoms with Gasteiger partial charge in [0.15, 0.2) is 0 Å². The van der Waals surface area contributed by atoms with Crippen molar-refractivity contribution in [1.29, 1.82) is 5.26 Å². The first-order valence-electron chi connectivity index (χ1n) is 9.75. The molecule has 28 heavy (non-hydrogen) atoms. The van der Waals surface area contributed by atoms with Crippen LogP contribution in [0.25, 0.3) is 0 Å². The molecule has 0 aliphatic carbocycles. The Morgan fingerprint density at radius 2 is 2.00 bits per heavy atom. The summed E-state index contributed by atoms with van der Waals surface area (Å²) < 4.78 is 5.43. The highest BCUT2D eigenvalue weighted by atomic mass is 16.5. The molecular formula is C20H25N7O. The third-order valence-corrected chi connectivity index (χ3v) is 5.40. The monoisotopic (exact) mass is 379 g/mol. The Kier molecular flexibility index (Phi) is 5.53. The maximum absolute atomic E-state index is 9.12. The van der Waals surface area contributed by atoms with E-state index in [0.717, 1.165) is 69.8 Å². The van der Waals surface area contributed by atoms with Crippen molar-refractivity contribution in [2.75, 3.05) is 61.1 Å². The summed E-state index contributed by atoms with van der Waals surface area (Å²) >= 11 is 0. The largest absolute Gasteiger partial charge is 0.378 e. The first-order valence-corrected chi connectivity index (χ1v) is 9.75. The van der Waals surface area contributed by atoms with Crippen LogP contribution in [0.1, 0.15) is 18.5 Å². The fourth-order valence-corrected chi connectivity index (χ4v) is 3.78. The lowest BCUT2D eigenvalue weighted by Gasteiger charge is -2.39. The summed E-state index contributed by atoms with van der Waals surface area (Å²) in [6.45, 7) is 4.90. The van der Waals surface area contributed by atoms with E-state index in [1.54, 1.807) is 6.07 Å². The van der Waals surface area contributed by atoms with Crippen molar-refractivity contribution in [3.05, 3.63) is 36.2 Å². The Bertz CT molecular complexity index is 846. The van der Waals surface area contributed by atoms with Crippen LogP contribution in [0.5, 0.6) is 0 Å². The zero-order chi connectivity index (χ0) is 19.3. The van der Waals surface area contributed by atoms with E-state index in [9.17, 15) is 0 Å². The van der Waals surface area contributed by atoms with Crippen molar-refractivity contribution in [2.24, 2.45) is 0 Å². The van der Waals surface area contributed by atoms with E-state index < -0.39 is 0 Å². The molecule has 8 nitrogen and oxygen atoms in total. The summed E-state index contributed by atoms with van der Waals surface area (Å²) in [5.41, 5.74) is 0.457. The number of aromatic nitrogens is 3. The van der Waals surface area contributed by atoms with E-state index in [-0.39, 0.29) is 0 Å². The topological polar surface area (TPSA) is 81.4 Å². The molecule has 4 heterocycles. The van der Waals surface area contributed by atoms with Gasteiger partial charge in [0.2, 0.25) is 5.95 Å². The maximum Gasteiger partial charge on any atom is 0.227 e. The highest BCUT2D eigenvalue weighted by molar-refractivity contribution is 5.47. The van der Waals surface area contributed by atoms with Gasteiger partial charge in [-0.2, -0.15) is 10.2 Å². The van der Waals surface area contributed by atoms with E-state index in [4.69, 9.17) is 15.0 Å². The van der Waals surface area contributed by atoms with Gasteiger partial charge in [-0.3, -0.25) is 0 Å². The summed E-state index contributed by atoms with van der Waals surface area (Å²) in [5, 5.41) is 9.12. The van der Waals surface area contributed by atoms with E-state index in [1.165, 1.54) is 0 Å². The number of hydrogen-bond acceptors (Lipinski definition) is 8. The molecular weight excluding hydrogens is 354 g/mol. The third-order valence-electron chi connectivity index (χ3n) is 5.40. The van der Waals surface area contributed by atoms with Gasteiger partial charge in [0.05, 0.1) is 13.2 Å². The second-order valence-corrected chi connectivity index (χ2v) is 7.16. The average molecular weight is 379 g/mol. The van der Waals surface area contributed by atoms with Crippen LogP contribution >= 0.6 is 0 Å². The number of nitriles is 1. The van der Waals surface area contributed by atoms with Gasteiger partial charge in [-0.15, -0.1) is 0 Å². The normalized spacial score (nSPS) is 19.9. The lowest BCUT2D eigenvalue weighted by Crippen LogP contribution is -2.47. The molecule has 2 saturated heterocycles. The molecule has 8 heteroatoms. The minimum Gasteiger partial charge on any atom is -0.378 e. The second kappa shape index (κ2) is 8.40.